The van der Waals surface area contributed by atoms with E-state index >= 15 is 0 Å². The number of ether oxygens (including phenoxy) is 2. The third-order valence-corrected chi connectivity index (χ3v) is 5.42. The fraction of sp³-hybridized carbons (Fsp3) is 0.471. The lowest BCUT2D eigenvalue weighted by Gasteiger charge is -2.32. The topological polar surface area (TPSA) is 34.6 Å². The van der Waals surface area contributed by atoms with Gasteiger partial charge < -0.3 is 9.47 Å². The molecular weight excluding hydrogens is 296 g/mol. The molecular formula is C17H20N2O2S. The Bertz CT molecular complexity index is 670. The maximum Gasteiger partial charge on any atom is 0.231 e. The van der Waals surface area contributed by atoms with Gasteiger partial charge in [-0.15, -0.1) is 11.3 Å². The summed E-state index contributed by atoms with van der Waals surface area (Å²) in [5.41, 5.74) is 2.28. The molecule has 0 bridgehead atoms. The van der Waals surface area contributed by atoms with Crippen molar-refractivity contribution in [2.24, 2.45) is 0 Å². The van der Waals surface area contributed by atoms with Gasteiger partial charge >= 0.3 is 0 Å². The van der Waals surface area contributed by atoms with Crippen LogP contribution in [0.1, 0.15) is 31.9 Å². The Morgan fingerprint density at radius 3 is 3.09 bits per heavy atom. The Morgan fingerprint density at radius 1 is 1.27 bits per heavy atom. The number of hydrogen-bond donors (Lipinski definition) is 0. The molecule has 4 nitrogen and oxygen atoms in total. The third-order valence-electron chi connectivity index (χ3n) is 4.48. The molecule has 3 heterocycles. The minimum atomic E-state index is 0.314. The van der Waals surface area contributed by atoms with Crippen molar-refractivity contribution >= 4 is 11.3 Å². The molecule has 1 aromatic carbocycles. The minimum Gasteiger partial charge on any atom is -0.454 e. The van der Waals surface area contributed by atoms with Gasteiger partial charge in [-0.25, -0.2) is 4.98 Å². The van der Waals surface area contributed by atoms with Crippen molar-refractivity contribution in [2.75, 3.05) is 13.3 Å². The molecule has 1 saturated heterocycles. The molecule has 116 valence electrons. The molecule has 0 aliphatic carbocycles. The molecule has 0 saturated carbocycles. The highest BCUT2D eigenvalue weighted by Gasteiger charge is 2.20. The normalized spacial score (nSPS) is 21.2. The number of rotatable bonds is 3. The van der Waals surface area contributed by atoms with Gasteiger partial charge in [0, 0.05) is 23.5 Å². The van der Waals surface area contributed by atoms with Crippen molar-refractivity contribution in [3.05, 3.63) is 29.3 Å². The van der Waals surface area contributed by atoms with Crippen molar-refractivity contribution in [1.82, 2.24) is 9.88 Å². The van der Waals surface area contributed by atoms with Crippen molar-refractivity contribution < 1.29 is 9.47 Å². The number of fused-ring (bicyclic) bond motifs is 1. The predicted octanol–water partition coefficient (Wildman–Crippen LogP) is 3.91. The van der Waals surface area contributed by atoms with Crippen LogP contribution in [0.3, 0.4) is 0 Å². The van der Waals surface area contributed by atoms with E-state index in [0.717, 1.165) is 28.6 Å². The van der Waals surface area contributed by atoms with Crippen LogP contribution in [0.25, 0.3) is 10.6 Å². The molecule has 1 fully saturated rings. The molecule has 2 aliphatic rings. The average Bonchev–Trinajstić information content (AvgIpc) is 3.17. The molecule has 0 radical (unpaired) electrons. The average molecular weight is 316 g/mol. The summed E-state index contributed by atoms with van der Waals surface area (Å²) >= 11 is 1.70. The second-order valence-electron chi connectivity index (χ2n) is 6.03. The Kier molecular flexibility index (Phi) is 3.76. The number of thiazole rings is 1. The highest BCUT2D eigenvalue weighted by Crippen LogP contribution is 2.36. The van der Waals surface area contributed by atoms with Crippen molar-refractivity contribution in [3.8, 4) is 22.1 Å². The number of likely N-dealkylation sites (tertiary alicyclic amines) is 1. The van der Waals surface area contributed by atoms with Crippen molar-refractivity contribution in [1.29, 1.82) is 0 Å². The van der Waals surface area contributed by atoms with E-state index in [0.29, 0.717) is 12.8 Å². The van der Waals surface area contributed by atoms with Crippen LogP contribution in [0.2, 0.25) is 0 Å². The molecule has 1 atom stereocenters. The van der Waals surface area contributed by atoms with Crippen LogP contribution < -0.4 is 9.47 Å². The Labute approximate surface area is 134 Å². The summed E-state index contributed by atoms with van der Waals surface area (Å²) in [6.07, 6.45) is 3.97. The van der Waals surface area contributed by atoms with E-state index in [1.54, 1.807) is 11.3 Å². The molecule has 0 unspecified atom stereocenters. The van der Waals surface area contributed by atoms with Gasteiger partial charge in [-0.05, 0) is 44.5 Å². The first-order chi connectivity index (χ1) is 10.8. The highest BCUT2D eigenvalue weighted by atomic mass is 32.1. The second kappa shape index (κ2) is 5.89. The Morgan fingerprint density at radius 2 is 2.18 bits per heavy atom. The smallest absolute Gasteiger partial charge is 0.231 e. The zero-order valence-electron chi connectivity index (χ0n) is 12.7. The summed E-state index contributed by atoms with van der Waals surface area (Å²) in [5, 5.41) is 3.24. The number of aromatic nitrogens is 1. The van der Waals surface area contributed by atoms with Gasteiger partial charge in [0.15, 0.2) is 11.5 Å². The lowest BCUT2D eigenvalue weighted by molar-refractivity contribution is 0.151. The van der Waals surface area contributed by atoms with Crippen LogP contribution in [0.5, 0.6) is 11.5 Å². The molecule has 5 heteroatoms. The van der Waals surface area contributed by atoms with E-state index in [1.165, 1.54) is 31.5 Å². The van der Waals surface area contributed by atoms with Crippen LogP contribution in [0.4, 0.5) is 0 Å². The van der Waals surface area contributed by atoms with E-state index < -0.39 is 0 Å². The SMILES string of the molecule is C[C@@H]1CCCCN1Cc1csc(-c2ccc3c(c2)OCO3)n1. The number of hydrogen-bond acceptors (Lipinski definition) is 5. The molecule has 0 spiro atoms. The lowest BCUT2D eigenvalue weighted by atomic mass is 10.0. The van der Waals surface area contributed by atoms with Gasteiger partial charge in [0.05, 0.1) is 5.69 Å². The van der Waals surface area contributed by atoms with Crippen LogP contribution in [-0.4, -0.2) is 29.3 Å². The van der Waals surface area contributed by atoms with Crippen LogP contribution in [-0.2, 0) is 6.54 Å². The number of piperidine rings is 1. The zero-order valence-corrected chi connectivity index (χ0v) is 13.6. The molecule has 1 aromatic heterocycles. The molecule has 2 aliphatic heterocycles. The van der Waals surface area contributed by atoms with Gasteiger partial charge in [0.2, 0.25) is 6.79 Å². The highest BCUT2D eigenvalue weighted by molar-refractivity contribution is 7.13. The maximum absolute atomic E-state index is 5.45. The molecule has 0 N–H and O–H groups in total. The summed E-state index contributed by atoms with van der Waals surface area (Å²) in [6, 6.07) is 6.71. The number of nitrogens with zero attached hydrogens (tertiary/aromatic N) is 2. The van der Waals surface area contributed by atoms with E-state index in [1.807, 2.05) is 12.1 Å². The first kappa shape index (κ1) is 14.0. The van der Waals surface area contributed by atoms with E-state index in [2.05, 4.69) is 23.3 Å². The summed E-state index contributed by atoms with van der Waals surface area (Å²) in [7, 11) is 0. The van der Waals surface area contributed by atoms with Crippen LogP contribution in [0.15, 0.2) is 23.6 Å². The van der Waals surface area contributed by atoms with Gasteiger partial charge in [0.1, 0.15) is 5.01 Å². The molecule has 4 rings (SSSR count). The van der Waals surface area contributed by atoms with E-state index in [9.17, 15) is 0 Å². The Balaban J connectivity index is 1.51. The minimum absolute atomic E-state index is 0.314. The van der Waals surface area contributed by atoms with Crippen LogP contribution in [0, 0.1) is 0 Å². The van der Waals surface area contributed by atoms with Crippen LogP contribution >= 0.6 is 11.3 Å². The molecule has 0 amide bonds. The summed E-state index contributed by atoms with van der Waals surface area (Å²) in [4.78, 5) is 7.36. The predicted molar refractivity (Wildman–Crippen MR) is 87.4 cm³/mol. The molecule has 22 heavy (non-hydrogen) atoms. The van der Waals surface area contributed by atoms with Gasteiger partial charge in [-0.3, -0.25) is 4.90 Å². The fourth-order valence-corrected chi connectivity index (χ4v) is 3.95. The molecule has 2 aromatic rings. The zero-order chi connectivity index (χ0) is 14.9. The quantitative estimate of drug-likeness (QED) is 0.860. The second-order valence-corrected chi connectivity index (χ2v) is 6.89. The first-order valence-electron chi connectivity index (χ1n) is 7.88. The summed E-state index contributed by atoms with van der Waals surface area (Å²) < 4.78 is 10.8. The Hall–Kier alpha value is -1.59. The summed E-state index contributed by atoms with van der Waals surface area (Å²) in [5.74, 6) is 1.64. The maximum atomic E-state index is 5.45. The van der Waals surface area contributed by atoms with E-state index in [4.69, 9.17) is 14.5 Å². The first-order valence-corrected chi connectivity index (χ1v) is 8.76. The summed E-state index contributed by atoms with van der Waals surface area (Å²) in [6.45, 7) is 4.79. The monoisotopic (exact) mass is 316 g/mol. The third kappa shape index (κ3) is 2.71. The van der Waals surface area contributed by atoms with Gasteiger partial charge in [0.25, 0.3) is 0 Å². The fourth-order valence-electron chi connectivity index (χ4n) is 3.14. The van der Waals surface area contributed by atoms with Crippen molar-refractivity contribution in [2.45, 2.75) is 38.8 Å². The largest absolute Gasteiger partial charge is 0.454 e. The lowest BCUT2D eigenvalue weighted by Crippen LogP contribution is -2.36. The standard InChI is InChI=1S/C17H20N2O2S/c1-12-4-2-3-7-19(12)9-14-10-22-17(18-14)13-5-6-15-16(8-13)21-11-20-15/h5-6,8,10,12H,2-4,7,9,11H2,1H3/t12-/m1/s1. The van der Waals surface area contributed by atoms with Crippen molar-refractivity contribution in [3.63, 3.8) is 0 Å². The number of benzene rings is 1. The van der Waals surface area contributed by atoms with Gasteiger partial charge in [-0.2, -0.15) is 0 Å². The van der Waals surface area contributed by atoms with Gasteiger partial charge in [-0.1, -0.05) is 6.42 Å². The van der Waals surface area contributed by atoms with E-state index in [-0.39, 0.29) is 0 Å².